The zero-order valence-corrected chi connectivity index (χ0v) is 10.0. The zero-order valence-electron chi connectivity index (χ0n) is 10.0. The fraction of sp³-hybridized carbons (Fsp3) is 0.385. The van der Waals surface area contributed by atoms with E-state index in [4.69, 9.17) is 4.74 Å². The summed E-state index contributed by atoms with van der Waals surface area (Å²) in [4.78, 5) is 0. The third-order valence-electron chi connectivity index (χ3n) is 2.35. The van der Waals surface area contributed by atoms with Crippen LogP contribution in [0.25, 0.3) is 0 Å². The highest BCUT2D eigenvalue weighted by molar-refractivity contribution is 5.36. The Labute approximate surface area is 96.1 Å². The summed E-state index contributed by atoms with van der Waals surface area (Å²) in [6.45, 7) is 8.08. The van der Waals surface area contributed by atoms with Crippen molar-refractivity contribution in [3.63, 3.8) is 0 Å². The van der Waals surface area contributed by atoms with Crippen molar-refractivity contribution in [3.05, 3.63) is 41.7 Å². The van der Waals surface area contributed by atoms with E-state index in [0.29, 0.717) is 12.4 Å². The van der Waals surface area contributed by atoms with E-state index in [9.17, 15) is 4.39 Å². The standard InChI is InChI=1S/C13H18FNO/c1-9(2)8-16-13-6-5-11(14)7-12(13)10(3)15-4/h5-7,10,15H,1,8H2,2-4H3. The zero-order chi connectivity index (χ0) is 12.1. The molecule has 0 aliphatic rings. The maximum Gasteiger partial charge on any atom is 0.124 e. The SMILES string of the molecule is C=C(C)COc1ccc(F)cc1C(C)NC. The highest BCUT2D eigenvalue weighted by atomic mass is 19.1. The molecule has 1 aromatic carbocycles. The largest absolute Gasteiger partial charge is 0.489 e. The van der Waals surface area contributed by atoms with Crippen molar-refractivity contribution in [3.8, 4) is 5.75 Å². The number of hydrogen-bond donors (Lipinski definition) is 1. The van der Waals surface area contributed by atoms with Crippen LogP contribution in [0.15, 0.2) is 30.4 Å². The van der Waals surface area contributed by atoms with Crippen molar-refractivity contribution in [1.82, 2.24) is 5.32 Å². The van der Waals surface area contributed by atoms with Crippen molar-refractivity contribution in [2.45, 2.75) is 19.9 Å². The Morgan fingerprint density at radius 2 is 2.25 bits per heavy atom. The smallest absolute Gasteiger partial charge is 0.124 e. The molecule has 1 aromatic rings. The Kier molecular flexibility index (Phi) is 4.50. The van der Waals surface area contributed by atoms with E-state index >= 15 is 0 Å². The average Bonchev–Trinajstić information content (AvgIpc) is 2.26. The molecule has 0 saturated carbocycles. The minimum Gasteiger partial charge on any atom is -0.489 e. The highest BCUT2D eigenvalue weighted by Gasteiger charge is 2.11. The number of nitrogens with one attached hydrogen (secondary N) is 1. The van der Waals surface area contributed by atoms with Gasteiger partial charge in [0, 0.05) is 11.6 Å². The molecule has 0 aliphatic heterocycles. The van der Waals surface area contributed by atoms with Crippen LogP contribution in [0, 0.1) is 5.82 Å². The van der Waals surface area contributed by atoms with E-state index in [1.54, 1.807) is 6.07 Å². The molecule has 0 bridgehead atoms. The molecule has 1 N–H and O–H groups in total. The molecule has 3 heteroatoms. The van der Waals surface area contributed by atoms with Gasteiger partial charge in [-0.3, -0.25) is 0 Å². The normalized spacial score (nSPS) is 12.2. The van der Waals surface area contributed by atoms with Gasteiger partial charge in [0.2, 0.25) is 0 Å². The quantitative estimate of drug-likeness (QED) is 0.775. The molecule has 2 nitrogen and oxygen atoms in total. The maximum atomic E-state index is 13.1. The van der Waals surface area contributed by atoms with Crippen LogP contribution in [0.4, 0.5) is 4.39 Å². The minimum atomic E-state index is -0.250. The summed E-state index contributed by atoms with van der Waals surface area (Å²) in [5, 5.41) is 3.07. The molecule has 0 radical (unpaired) electrons. The lowest BCUT2D eigenvalue weighted by atomic mass is 10.1. The summed E-state index contributed by atoms with van der Waals surface area (Å²) >= 11 is 0. The lowest BCUT2D eigenvalue weighted by molar-refractivity contribution is 0.344. The second-order valence-corrected chi connectivity index (χ2v) is 3.94. The second kappa shape index (κ2) is 5.66. The molecular weight excluding hydrogens is 205 g/mol. The van der Waals surface area contributed by atoms with Gasteiger partial charge >= 0.3 is 0 Å². The Morgan fingerprint density at radius 1 is 1.56 bits per heavy atom. The first-order valence-electron chi connectivity index (χ1n) is 5.28. The monoisotopic (exact) mass is 223 g/mol. The molecule has 0 heterocycles. The molecular formula is C13H18FNO. The van der Waals surface area contributed by atoms with Gasteiger partial charge in [0.1, 0.15) is 18.2 Å². The number of benzene rings is 1. The summed E-state index contributed by atoms with van der Waals surface area (Å²) in [6, 6.07) is 4.60. The van der Waals surface area contributed by atoms with Gasteiger partial charge in [0.15, 0.2) is 0 Å². The molecule has 88 valence electrons. The van der Waals surface area contributed by atoms with Gasteiger partial charge < -0.3 is 10.1 Å². The molecule has 0 saturated heterocycles. The minimum absolute atomic E-state index is 0.0517. The third-order valence-corrected chi connectivity index (χ3v) is 2.35. The number of hydrogen-bond acceptors (Lipinski definition) is 2. The van der Waals surface area contributed by atoms with Crippen molar-refractivity contribution in [2.75, 3.05) is 13.7 Å². The Bertz CT molecular complexity index is 376. The first-order valence-corrected chi connectivity index (χ1v) is 5.28. The fourth-order valence-electron chi connectivity index (χ4n) is 1.35. The topological polar surface area (TPSA) is 21.3 Å². The average molecular weight is 223 g/mol. The van der Waals surface area contributed by atoms with Gasteiger partial charge in [0.05, 0.1) is 0 Å². The summed E-state index contributed by atoms with van der Waals surface area (Å²) < 4.78 is 18.7. The van der Waals surface area contributed by atoms with Gasteiger partial charge in [-0.05, 0) is 44.7 Å². The second-order valence-electron chi connectivity index (χ2n) is 3.94. The lowest BCUT2D eigenvalue weighted by Crippen LogP contribution is -2.14. The van der Waals surface area contributed by atoms with Crippen LogP contribution in [0.5, 0.6) is 5.75 Å². The first-order chi connectivity index (χ1) is 7.54. The van der Waals surface area contributed by atoms with Crippen molar-refractivity contribution >= 4 is 0 Å². The summed E-state index contributed by atoms with van der Waals surface area (Å²) in [7, 11) is 1.83. The first kappa shape index (κ1) is 12.7. The van der Waals surface area contributed by atoms with Gasteiger partial charge in [0.25, 0.3) is 0 Å². The number of ether oxygens (including phenoxy) is 1. The van der Waals surface area contributed by atoms with Crippen LogP contribution in [0.2, 0.25) is 0 Å². The molecule has 0 aromatic heterocycles. The van der Waals surface area contributed by atoms with E-state index in [0.717, 1.165) is 11.1 Å². The number of halogens is 1. The summed E-state index contributed by atoms with van der Waals surface area (Å²) in [6.07, 6.45) is 0. The van der Waals surface area contributed by atoms with Crippen LogP contribution >= 0.6 is 0 Å². The van der Waals surface area contributed by atoms with Crippen molar-refractivity contribution in [1.29, 1.82) is 0 Å². The van der Waals surface area contributed by atoms with E-state index in [1.807, 2.05) is 20.9 Å². The predicted molar refractivity (Wildman–Crippen MR) is 64.2 cm³/mol. The van der Waals surface area contributed by atoms with E-state index in [1.165, 1.54) is 12.1 Å². The Morgan fingerprint density at radius 3 is 2.81 bits per heavy atom. The van der Waals surface area contributed by atoms with Gasteiger partial charge in [-0.1, -0.05) is 6.58 Å². The third kappa shape index (κ3) is 3.35. The van der Waals surface area contributed by atoms with Gasteiger partial charge in [-0.2, -0.15) is 0 Å². The maximum absolute atomic E-state index is 13.1. The molecule has 0 aliphatic carbocycles. The fourth-order valence-corrected chi connectivity index (χ4v) is 1.35. The van der Waals surface area contributed by atoms with Crippen LogP contribution in [-0.2, 0) is 0 Å². The van der Waals surface area contributed by atoms with Crippen LogP contribution in [0.1, 0.15) is 25.5 Å². The molecule has 0 spiro atoms. The Balaban J connectivity index is 2.93. The van der Waals surface area contributed by atoms with Gasteiger partial charge in [-0.15, -0.1) is 0 Å². The van der Waals surface area contributed by atoms with E-state index in [-0.39, 0.29) is 11.9 Å². The Hall–Kier alpha value is -1.35. The molecule has 16 heavy (non-hydrogen) atoms. The molecule has 1 rings (SSSR count). The van der Waals surface area contributed by atoms with Crippen LogP contribution in [0.3, 0.4) is 0 Å². The lowest BCUT2D eigenvalue weighted by Gasteiger charge is -2.16. The van der Waals surface area contributed by atoms with Gasteiger partial charge in [-0.25, -0.2) is 4.39 Å². The van der Waals surface area contributed by atoms with E-state index in [2.05, 4.69) is 11.9 Å². The van der Waals surface area contributed by atoms with Crippen molar-refractivity contribution in [2.24, 2.45) is 0 Å². The molecule has 0 fully saturated rings. The highest BCUT2D eigenvalue weighted by Crippen LogP contribution is 2.26. The summed E-state index contributed by atoms with van der Waals surface area (Å²) in [5.74, 6) is 0.450. The van der Waals surface area contributed by atoms with Crippen LogP contribution < -0.4 is 10.1 Å². The predicted octanol–water partition coefficient (Wildman–Crippen LogP) is 3.06. The molecule has 1 atom stereocenters. The molecule has 1 unspecified atom stereocenters. The van der Waals surface area contributed by atoms with Crippen LogP contribution in [-0.4, -0.2) is 13.7 Å². The van der Waals surface area contributed by atoms with E-state index < -0.39 is 0 Å². The number of rotatable bonds is 5. The van der Waals surface area contributed by atoms with Crippen molar-refractivity contribution < 1.29 is 9.13 Å². The summed E-state index contributed by atoms with van der Waals surface area (Å²) in [5.41, 5.74) is 1.76. The molecule has 0 amide bonds.